The van der Waals surface area contributed by atoms with Gasteiger partial charge >= 0.3 is 0 Å². The second kappa shape index (κ2) is 4.19. The van der Waals surface area contributed by atoms with E-state index in [1.807, 2.05) is 25.8 Å². The van der Waals surface area contributed by atoms with Gasteiger partial charge in [0, 0.05) is 6.54 Å². The minimum Gasteiger partial charge on any atom is -0.377 e. The van der Waals surface area contributed by atoms with Crippen molar-refractivity contribution < 1.29 is 9.13 Å². The summed E-state index contributed by atoms with van der Waals surface area (Å²) in [5.74, 6) is 0. The lowest BCUT2D eigenvalue weighted by atomic mass is 10.2. The molecule has 0 aromatic heterocycles. The van der Waals surface area contributed by atoms with Crippen LogP contribution < -0.4 is 0 Å². The number of likely N-dealkylation sites (tertiary alicyclic amines) is 1. The van der Waals surface area contributed by atoms with Gasteiger partial charge in [0.2, 0.25) is 0 Å². The fourth-order valence-electron chi connectivity index (χ4n) is 1.48. The van der Waals surface area contributed by atoms with Crippen LogP contribution in [0.3, 0.4) is 0 Å². The highest BCUT2D eigenvalue weighted by Crippen LogP contribution is 2.19. The van der Waals surface area contributed by atoms with Gasteiger partial charge in [-0.15, -0.1) is 0 Å². The molecule has 0 saturated carbocycles. The monoisotopic (exact) mass is 175 g/mol. The van der Waals surface area contributed by atoms with Crippen molar-refractivity contribution in [2.45, 2.75) is 38.6 Å². The molecule has 72 valence electrons. The number of alkyl halides is 1. The van der Waals surface area contributed by atoms with E-state index in [-0.39, 0.29) is 12.1 Å². The molecule has 1 rings (SSSR count). The fraction of sp³-hybridized carbons (Fsp3) is 1.00. The van der Waals surface area contributed by atoms with Crippen LogP contribution in [-0.2, 0) is 4.74 Å². The van der Waals surface area contributed by atoms with E-state index in [0.29, 0.717) is 13.0 Å². The topological polar surface area (TPSA) is 12.5 Å². The Labute approximate surface area is 73.7 Å². The van der Waals surface area contributed by atoms with E-state index < -0.39 is 6.17 Å². The largest absolute Gasteiger partial charge is 0.377 e. The maximum absolute atomic E-state index is 13.2. The van der Waals surface area contributed by atoms with E-state index >= 15 is 0 Å². The Kier molecular flexibility index (Phi) is 3.47. The van der Waals surface area contributed by atoms with Gasteiger partial charge in [-0.3, -0.25) is 4.90 Å². The van der Waals surface area contributed by atoms with Crippen molar-refractivity contribution in [3.8, 4) is 0 Å². The van der Waals surface area contributed by atoms with E-state index in [0.717, 1.165) is 6.54 Å². The van der Waals surface area contributed by atoms with Gasteiger partial charge < -0.3 is 4.74 Å². The first kappa shape index (κ1) is 9.93. The molecule has 2 nitrogen and oxygen atoms in total. The first-order valence-electron chi connectivity index (χ1n) is 4.57. The Bertz CT molecular complexity index is 130. The van der Waals surface area contributed by atoms with Crippen molar-refractivity contribution in [3.05, 3.63) is 0 Å². The average molecular weight is 175 g/mol. The van der Waals surface area contributed by atoms with Crippen LogP contribution in [0.5, 0.6) is 0 Å². The van der Waals surface area contributed by atoms with Crippen LogP contribution in [-0.4, -0.2) is 43.4 Å². The summed E-state index contributed by atoms with van der Waals surface area (Å²) in [6, 6.07) is -0.0209. The maximum atomic E-state index is 13.2. The molecule has 1 aliphatic rings. The summed E-state index contributed by atoms with van der Waals surface area (Å²) >= 11 is 0. The van der Waals surface area contributed by atoms with Crippen LogP contribution in [0.1, 0.15) is 20.3 Å². The molecule has 0 aromatic carbocycles. The molecule has 3 heteroatoms. The van der Waals surface area contributed by atoms with E-state index in [9.17, 15) is 4.39 Å². The number of rotatable bonds is 3. The first-order valence-corrected chi connectivity index (χ1v) is 4.57. The molecule has 1 aliphatic heterocycles. The van der Waals surface area contributed by atoms with Crippen molar-refractivity contribution in [1.29, 1.82) is 0 Å². The van der Waals surface area contributed by atoms with E-state index in [4.69, 9.17) is 4.74 Å². The summed E-state index contributed by atoms with van der Waals surface area (Å²) in [7, 11) is 1.95. The molecule has 0 radical (unpaired) electrons. The molecule has 0 unspecified atom stereocenters. The molecule has 1 saturated heterocycles. The van der Waals surface area contributed by atoms with Crippen LogP contribution in [0, 0.1) is 0 Å². The second-order valence-electron chi connectivity index (χ2n) is 3.73. The number of likely N-dealkylation sites (N-methyl/N-ethyl adjacent to an activating group) is 1. The SMILES string of the molecule is CC(C)OC[C@H]1[C@@H](F)CCN1C. The van der Waals surface area contributed by atoms with Crippen LogP contribution >= 0.6 is 0 Å². The van der Waals surface area contributed by atoms with Crippen molar-refractivity contribution in [1.82, 2.24) is 4.90 Å². The Morgan fingerprint density at radius 3 is 2.67 bits per heavy atom. The third-order valence-corrected chi connectivity index (χ3v) is 2.34. The van der Waals surface area contributed by atoms with Crippen LogP contribution in [0.15, 0.2) is 0 Å². The Morgan fingerprint density at radius 1 is 1.58 bits per heavy atom. The van der Waals surface area contributed by atoms with Gasteiger partial charge in [-0.2, -0.15) is 0 Å². The summed E-state index contributed by atoms with van der Waals surface area (Å²) in [5.41, 5.74) is 0. The standard InChI is InChI=1S/C9H18FNO/c1-7(2)12-6-9-8(10)4-5-11(9)3/h7-9H,4-6H2,1-3H3/t8-,9-/m0/s1. The minimum atomic E-state index is -0.700. The molecule has 12 heavy (non-hydrogen) atoms. The summed E-state index contributed by atoms with van der Waals surface area (Å²) < 4.78 is 18.6. The van der Waals surface area contributed by atoms with Crippen molar-refractivity contribution in [2.75, 3.05) is 20.2 Å². The Hall–Kier alpha value is -0.150. The van der Waals surface area contributed by atoms with E-state index in [1.165, 1.54) is 0 Å². The lowest BCUT2D eigenvalue weighted by molar-refractivity contribution is 0.0273. The lowest BCUT2D eigenvalue weighted by Crippen LogP contribution is -2.35. The van der Waals surface area contributed by atoms with Crippen LogP contribution in [0.4, 0.5) is 4.39 Å². The minimum absolute atomic E-state index is 0.0209. The molecular formula is C9H18FNO. The smallest absolute Gasteiger partial charge is 0.119 e. The number of hydrogen-bond acceptors (Lipinski definition) is 2. The quantitative estimate of drug-likeness (QED) is 0.643. The zero-order valence-electron chi connectivity index (χ0n) is 8.09. The highest BCUT2D eigenvalue weighted by Gasteiger charge is 2.31. The number of hydrogen-bond donors (Lipinski definition) is 0. The fourth-order valence-corrected chi connectivity index (χ4v) is 1.48. The van der Waals surface area contributed by atoms with Crippen molar-refractivity contribution >= 4 is 0 Å². The van der Waals surface area contributed by atoms with E-state index in [2.05, 4.69) is 0 Å². The van der Waals surface area contributed by atoms with Crippen LogP contribution in [0.25, 0.3) is 0 Å². The van der Waals surface area contributed by atoms with Gasteiger partial charge in [0.15, 0.2) is 0 Å². The van der Waals surface area contributed by atoms with Gasteiger partial charge in [-0.1, -0.05) is 0 Å². The van der Waals surface area contributed by atoms with Gasteiger partial charge in [0.05, 0.1) is 18.8 Å². The van der Waals surface area contributed by atoms with Crippen molar-refractivity contribution in [3.63, 3.8) is 0 Å². The predicted octanol–water partition coefficient (Wildman–Crippen LogP) is 1.45. The van der Waals surface area contributed by atoms with Gasteiger partial charge in [-0.05, 0) is 27.3 Å². The zero-order chi connectivity index (χ0) is 9.14. The highest BCUT2D eigenvalue weighted by molar-refractivity contribution is 4.84. The normalized spacial score (nSPS) is 31.8. The average Bonchev–Trinajstić information content (AvgIpc) is 2.28. The summed E-state index contributed by atoms with van der Waals surface area (Å²) in [5, 5.41) is 0. The molecule has 0 spiro atoms. The Balaban J connectivity index is 2.29. The summed E-state index contributed by atoms with van der Waals surface area (Å²) in [6.07, 6.45) is 0.155. The molecule has 0 amide bonds. The molecule has 0 aliphatic carbocycles. The Morgan fingerprint density at radius 2 is 2.25 bits per heavy atom. The van der Waals surface area contributed by atoms with Gasteiger partial charge in [-0.25, -0.2) is 4.39 Å². The molecule has 0 aromatic rings. The third-order valence-electron chi connectivity index (χ3n) is 2.34. The molecule has 1 fully saturated rings. The molecule has 2 atom stereocenters. The molecular weight excluding hydrogens is 157 g/mol. The summed E-state index contributed by atoms with van der Waals surface area (Å²) in [4.78, 5) is 2.03. The summed E-state index contributed by atoms with van der Waals surface area (Å²) in [6.45, 7) is 5.33. The molecule has 0 N–H and O–H groups in total. The highest BCUT2D eigenvalue weighted by atomic mass is 19.1. The van der Waals surface area contributed by atoms with Crippen molar-refractivity contribution in [2.24, 2.45) is 0 Å². The number of nitrogens with zero attached hydrogens (tertiary/aromatic N) is 1. The van der Waals surface area contributed by atoms with E-state index in [1.54, 1.807) is 0 Å². The predicted molar refractivity (Wildman–Crippen MR) is 47.0 cm³/mol. The lowest BCUT2D eigenvalue weighted by Gasteiger charge is -2.21. The number of ether oxygens (including phenoxy) is 1. The second-order valence-corrected chi connectivity index (χ2v) is 3.73. The van der Waals surface area contributed by atoms with Gasteiger partial charge in [0.25, 0.3) is 0 Å². The zero-order valence-corrected chi connectivity index (χ0v) is 8.09. The molecule has 0 bridgehead atoms. The first-order chi connectivity index (χ1) is 5.61. The molecule has 1 heterocycles. The van der Waals surface area contributed by atoms with Crippen LogP contribution in [0.2, 0.25) is 0 Å². The third kappa shape index (κ3) is 2.42. The maximum Gasteiger partial charge on any atom is 0.119 e. The van der Waals surface area contributed by atoms with Gasteiger partial charge in [0.1, 0.15) is 6.17 Å². The number of halogens is 1.